The van der Waals surface area contributed by atoms with Gasteiger partial charge >= 0.3 is 0 Å². The standard InChI is InChI=1S/C17H25N3O/c21-7-6-20-17-3-1-2-16(15(17)11-19-20)18-10-14-9-12-4-5-13(14)8-12/h4-5,11-14,16,18,21H,1-3,6-10H2. The summed E-state index contributed by atoms with van der Waals surface area (Å²) in [6, 6.07) is 0.462. The molecule has 0 aromatic carbocycles. The lowest BCUT2D eigenvalue weighted by Crippen LogP contribution is -2.31. The second-order valence-corrected chi connectivity index (χ2v) is 6.89. The summed E-state index contributed by atoms with van der Waals surface area (Å²) in [6.07, 6.45) is 13.2. The van der Waals surface area contributed by atoms with E-state index in [9.17, 15) is 0 Å². The number of rotatable bonds is 5. The maximum absolute atomic E-state index is 9.13. The number of aliphatic hydroxyl groups excluding tert-OH is 1. The van der Waals surface area contributed by atoms with Crippen LogP contribution in [0, 0.1) is 17.8 Å². The number of allylic oxidation sites excluding steroid dienone is 2. The molecular formula is C17H25N3O. The van der Waals surface area contributed by atoms with Crippen molar-refractivity contribution in [1.29, 1.82) is 0 Å². The number of aliphatic hydroxyl groups is 1. The summed E-state index contributed by atoms with van der Waals surface area (Å²) >= 11 is 0. The molecule has 1 heterocycles. The van der Waals surface area contributed by atoms with Crippen LogP contribution in [0.15, 0.2) is 18.3 Å². The highest BCUT2D eigenvalue weighted by molar-refractivity contribution is 5.25. The molecule has 4 heteroatoms. The third kappa shape index (κ3) is 2.44. The quantitative estimate of drug-likeness (QED) is 0.815. The van der Waals surface area contributed by atoms with E-state index in [1.165, 1.54) is 36.9 Å². The van der Waals surface area contributed by atoms with E-state index in [1.54, 1.807) is 0 Å². The predicted molar refractivity (Wildman–Crippen MR) is 81.8 cm³/mol. The van der Waals surface area contributed by atoms with Gasteiger partial charge in [-0.15, -0.1) is 0 Å². The van der Waals surface area contributed by atoms with Crippen molar-refractivity contribution < 1.29 is 5.11 Å². The molecule has 1 saturated carbocycles. The highest BCUT2D eigenvalue weighted by Crippen LogP contribution is 2.43. The molecule has 1 aromatic heterocycles. The molecule has 0 aliphatic heterocycles. The number of fused-ring (bicyclic) bond motifs is 3. The van der Waals surface area contributed by atoms with Crippen molar-refractivity contribution in [3.63, 3.8) is 0 Å². The molecular weight excluding hydrogens is 262 g/mol. The van der Waals surface area contributed by atoms with E-state index in [1.807, 2.05) is 10.9 Å². The SMILES string of the molecule is OCCn1ncc2c1CCCC2NCC1CC2C=CC1C2. The molecule has 0 spiro atoms. The van der Waals surface area contributed by atoms with Gasteiger partial charge in [-0.25, -0.2) is 0 Å². The van der Waals surface area contributed by atoms with Gasteiger partial charge in [-0.1, -0.05) is 12.2 Å². The van der Waals surface area contributed by atoms with Gasteiger partial charge in [-0.3, -0.25) is 4.68 Å². The molecule has 2 N–H and O–H groups in total. The van der Waals surface area contributed by atoms with Crippen LogP contribution in [0.3, 0.4) is 0 Å². The number of aromatic nitrogens is 2. The molecule has 1 aromatic rings. The van der Waals surface area contributed by atoms with Crippen LogP contribution in [0.4, 0.5) is 0 Å². The van der Waals surface area contributed by atoms with Crippen molar-refractivity contribution in [2.24, 2.45) is 17.8 Å². The molecule has 2 bridgehead atoms. The Bertz CT molecular complexity index is 536. The molecule has 0 saturated heterocycles. The summed E-state index contributed by atoms with van der Waals surface area (Å²) in [5.74, 6) is 2.51. The van der Waals surface area contributed by atoms with Crippen molar-refractivity contribution in [2.75, 3.05) is 13.2 Å². The first-order chi connectivity index (χ1) is 10.3. The average Bonchev–Trinajstić information content (AvgIpc) is 3.21. The molecule has 4 nitrogen and oxygen atoms in total. The Hall–Kier alpha value is -1.13. The van der Waals surface area contributed by atoms with Crippen LogP contribution in [-0.2, 0) is 13.0 Å². The van der Waals surface area contributed by atoms with Gasteiger partial charge in [0.2, 0.25) is 0 Å². The first-order valence-electron chi connectivity index (χ1n) is 8.42. The zero-order valence-corrected chi connectivity index (χ0v) is 12.5. The Morgan fingerprint density at radius 2 is 2.29 bits per heavy atom. The van der Waals surface area contributed by atoms with E-state index >= 15 is 0 Å². The number of hydrogen-bond acceptors (Lipinski definition) is 3. The monoisotopic (exact) mass is 287 g/mol. The smallest absolute Gasteiger partial charge is 0.0644 e. The van der Waals surface area contributed by atoms with Gasteiger partial charge in [0.25, 0.3) is 0 Å². The summed E-state index contributed by atoms with van der Waals surface area (Å²) in [6.45, 7) is 1.93. The number of nitrogens with zero attached hydrogens (tertiary/aromatic N) is 2. The van der Waals surface area contributed by atoms with Gasteiger partial charge in [0.1, 0.15) is 0 Å². The maximum Gasteiger partial charge on any atom is 0.0644 e. The summed E-state index contributed by atoms with van der Waals surface area (Å²) in [4.78, 5) is 0. The number of nitrogens with one attached hydrogen (secondary N) is 1. The molecule has 21 heavy (non-hydrogen) atoms. The molecule has 0 amide bonds. The Morgan fingerprint density at radius 3 is 3.05 bits per heavy atom. The van der Waals surface area contributed by atoms with E-state index in [2.05, 4.69) is 22.6 Å². The van der Waals surface area contributed by atoms with E-state index < -0.39 is 0 Å². The topological polar surface area (TPSA) is 50.1 Å². The van der Waals surface area contributed by atoms with Gasteiger partial charge in [0.05, 0.1) is 19.3 Å². The second-order valence-electron chi connectivity index (χ2n) is 6.89. The van der Waals surface area contributed by atoms with Crippen LogP contribution >= 0.6 is 0 Å². The normalized spacial score (nSPS) is 33.6. The van der Waals surface area contributed by atoms with Crippen LogP contribution in [0.1, 0.15) is 43.0 Å². The zero-order valence-electron chi connectivity index (χ0n) is 12.5. The van der Waals surface area contributed by atoms with Gasteiger partial charge < -0.3 is 10.4 Å². The summed E-state index contributed by atoms with van der Waals surface area (Å²) in [7, 11) is 0. The second kappa shape index (κ2) is 5.58. The van der Waals surface area contributed by atoms with Crippen molar-refractivity contribution in [3.05, 3.63) is 29.6 Å². The molecule has 3 aliphatic carbocycles. The highest BCUT2D eigenvalue weighted by atomic mass is 16.3. The van der Waals surface area contributed by atoms with Crippen molar-refractivity contribution in [3.8, 4) is 0 Å². The Labute approximate surface area is 126 Å². The Morgan fingerprint density at radius 1 is 1.33 bits per heavy atom. The van der Waals surface area contributed by atoms with E-state index in [0.29, 0.717) is 12.6 Å². The van der Waals surface area contributed by atoms with E-state index in [4.69, 9.17) is 5.11 Å². The van der Waals surface area contributed by atoms with Crippen LogP contribution < -0.4 is 5.32 Å². The third-order valence-corrected chi connectivity index (χ3v) is 5.62. The number of hydrogen-bond donors (Lipinski definition) is 2. The van der Waals surface area contributed by atoms with Gasteiger partial charge in [0.15, 0.2) is 0 Å². The predicted octanol–water partition coefficient (Wildman–Crippen LogP) is 2.05. The molecule has 0 radical (unpaired) electrons. The first kappa shape index (κ1) is 13.5. The van der Waals surface area contributed by atoms with Gasteiger partial charge in [-0.2, -0.15) is 5.10 Å². The average molecular weight is 287 g/mol. The van der Waals surface area contributed by atoms with Crippen LogP contribution in [0.25, 0.3) is 0 Å². The van der Waals surface area contributed by atoms with Gasteiger partial charge in [-0.05, 0) is 56.4 Å². The maximum atomic E-state index is 9.13. The van der Waals surface area contributed by atoms with Crippen molar-refractivity contribution in [2.45, 2.75) is 44.7 Å². The van der Waals surface area contributed by atoms with Crippen LogP contribution in [0.5, 0.6) is 0 Å². The van der Waals surface area contributed by atoms with Crippen molar-refractivity contribution in [1.82, 2.24) is 15.1 Å². The Balaban J connectivity index is 1.42. The molecule has 4 atom stereocenters. The summed E-state index contributed by atoms with van der Waals surface area (Å²) in [5, 5.41) is 17.4. The van der Waals surface area contributed by atoms with Crippen LogP contribution in [0.2, 0.25) is 0 Å². The largest absolute Gasteiger partial charge is 0.394 e. The fraction of sp³-hybridized carbons (Fsp3) is 0.706. The minimum Gasteiger partial charge on any atom is -0.394 e. The molecule has 4 unspecified atom stereocenters. The summed E-state index contributed by atoms with van der Waals surface area (Å²) in [5.41, 5.74) is 2.70. The fourth-order valence-corrected chi connectivity index (χ4v) is 4.54. The van der Waals surface area contributed by atoms with Crippen LogP contribution in [-0.4, -0.2) is 28.0 Å². The molecule has 114 valence electrons. The fourth-order valence-electron chi connectivity index (χ4n) is 4.54. The molecule has 1 fully saturated rings. The molecule has 3 aliphatic rings. The van der Waals surface area contributed by atoms with Crippen molar-refractivity contribution >= 4 is 0 Å². The van der Waals surface area contributed by atoms with E-state index in [-0.39, 0.29) is 6.61 Å². The lowest BCUT2D eigenvalue weighted by Gasteiger charge is -2.27. The minimum atomic E-state index is 0.170. The van der Waals surface area contributed by atoms with E-state index in [0.717, 1.165) is 30.7 Å². The Kier molecular flexibility index (Phi) is 3.59. The minimum absolute atomic E-state index is 0.170. The molecule has 4 rings (SSSR count). The highest BCUT2D eigenvalue weighted by Gasteiger charge is 2.36. The first-order valence-corrected chi connectivity index (χ1v) is 8.42. The summed E-state index contributed by atoms with van der Waals surface area (Å²) < 4.78 is 1.99. The zero-order chi connectivity index (χ0) is 14.2. The third-order valence-electron chi connectivity index (χ3n) is 5.62. The lowest BCUT2D eigenvalue weighted by atomic mass is 9.90. The lowest BCUT2D eigenvalue weighted by molar-refractivity contribution is 0.266. The van der Waals surface area contributed by atoms with Gasteiger partial charge in [0, 0.05) is 17.3 Å².